The minimum Gasteiger partial charge on any atom is -0.441 e. The number of halogens is 3. The van der Waals surface area contributed by atoms with Gasteiger partial charge >= 0.3 is 12.1 Å². The predicted molar refractivity (Wildman–Crippen MR) is 94.0 cm³/mol. The molecule has 0 saturated heterocycles. The molecule has 2 aromatic heterocycles. The van der Waals surface area contributed by atoms with Gasteiger partial charge in [0.15, 0.2) is 10.9 Å². The van der Waals surface area contributed by atoms with Crippen molar-refractivity contribution in [2.45, 2.75) is 25.1 Å². The summed E-state index contributed by atoms with van der Waals surface area (Å²) in [6, 6.07) is 1.62. The first-order chi connectivity index (χ1) is 12.6. The molecule has 0 aliphatic carbocycles. The first-order valence-electron chi connectivity index (χ1n) is 7.57. The minimum absolute atomic E-state index is 0.271. The lowest BCUT2D eigenvalue weighted by Gasteiger charge is -2.30. The molecular formula is C16H14F3N5O2S. The molecule has 1 atom stereocenters. The van der Waals surface area contributed by atoms with Crippen LogP contribution in [-0.2, 0) is 11.7 Å². The van der Waals surface area contributed by atoms with E-state index < -0.39 is 29.2 Å². The molecule has 0 spiro atoms. The van der Waals surface area contributed by atoms with Crippen molar-refractivity contribution in [3.8, 4) is 0 Å². The van der Waals surface area contributed by atoms with Gasteiger partial charge in [-0.2, -0.15) is 13.2 Å². The fourth-order valence-electron chi connectivity index (χ4n) is 2.55. The fourth-order valence-corrected chi connectivity index (χ4v) is 3.44. The van der Waals surface area contributed by atoms with Crippen LogP contribution in [0.25, 0.3) is 0 Å². The molecule has 3 heterocycles. The third-order valence-corrected chi connectivity index (χ3v) is 4.48. The molecule has 1 aliphatic heterocycles. The largest absolute Gasteiger partial charge is 0.468 e. The second kappa shape index (κ2) is 6.72. The molecule has 142 valence electrons. The van der Waals surface area contributed by atoms with Gasteiger partial charge in [-0.15, -0.1) is 0 Å². The van der Waals surface area contributed by atoms with E-state index >= 15 is 0 Å². The third kappa shape index (κ3) is 4.13. The number of nitrogens with two attached hydrogens (primary N) is 1. The number of alkyl halides is 3. The van der Waals surface area contributed by atoms with E-state index in [1.165, 1.54) is 18.0 Å². The molecular weight excluding hydrogens is 383 g/mol. The summed E-state index contributed by atoms with van der Waals surface area (Å²) in [5.74, 6) is -2.35. The SMILES string of the molecule is C=C1C[C@@](C)(c2cncc(NC(=O)c3coc(C(F)(F)F)n3)c2)N=C(N)S1. The van der Waals surface area contributed by atoms with E-state index in [1.54, 1.807) is 12.3 Å². The number of carbonyl (C=O) groups is 1. The van der Waals surface area contributed by atoms with E-state index in [4.69, 9.17) is 5.73 Å². The molecule has 0 aromatic carbocycles. The van der Waals surface area contributed by atoms with Crippen LogP contribution >= 0.6 is 11.8 Å². The van der Waals surface area contributed by atoms with Gasteiger partial charge in [0, 0.05) is 18.2 Å². The van der Waals surface area contributed by atoms with Crippen molar-refractivity contribution in [1.82, 2.24) is 9.97 Å². The Bertz CT molecular complexity index is 940. The Balaban J connectivity index is 1.82. The number of pyridine rings is 1. The first-order valence-corrected chi connectivity index (χ1v) is 8.39. The molecule has 3 rings (SSSR count). The number of rotatable bonds is 3. The maximum absolute atomic E-state index is 12.5. The number of amides is 1. The van der Waals surface area contributed by atoms with Crippen molar-refractivity contribution in [3.05, 3.63) is 53.4 Å². The van der Waals surface area contributed by atoms with Crippen molar-refractivity contribution < 1.29 is 22.4 Å². The maximum atomic E-state index is 12.5. The van der Waals surface area contributed by atoms with Crippen molar-refractivity contribution in [1.29, 1.82) is 0 Å². The van der Waals surface area contributed by atoms with Gasteiger partial charge in [-0.05, 0) is 17.9 Å². The van der Waals surface area contributed by atoms with E-state index in [0.29, 0.717) is 23.4 Å². The number of nitrogens with one attached hydrogen (secondary N) is 1. The summed E-state index contributed by atoms with van der Waals surface area (Å²) in [6.07, 6.45) is -0.670. The van der Waals surface area contributed by atoms with Crippen LogP contribution < -0.4 is 11.1 Å². The Hall–Kier alpha value is -2.82. The average molecular weight is 397 g/mol. The highest BCUT2D eigenvalue weighted by Crippen LogP contribution is 2.40. The van der Waals surface area contributed by atoms with E-state index in [2.05, 4.69) is 31.3 Å². The number of aliphatic imine (C=N–C) groups is 1. The summed E-state index contributed by atoms with van der Waals surface area (Å²) in [5, 5.41) is 2.81. The zero-order chi connectivity index (χ0) is 19.8. The van der Waals surface area contributed by atoms with E-state index in [0.717, 1.165) is 4.91 Å². The van der Waals surface area contributed by atoms with Crippen LogP contribution in [0.3, 0.4) is 0 Å². The van der Waals surface area contributed by atoms with Crippen LogP contribution in [0.5, 0.6) is 0 Å². The fraction of sp³-hybridized carbons (Fsp3) is 0.250. The normalized spacial score (nSPS) is 20.3. The van der Waals surface area contributed by atoms with E-state index in [1.807, 2.05) is 6.92 Å². The number of anilines is 1. The van der Waals surface area contributed by atoms with Crippen molar-refractivity contribution in [2.24, 2.45) is 10.7 Å². The van der Waals surface area contributed by atoms with Gasteiger partial charge in [-0.25, -0.2) is 4.98 Å². The standard InChI is InChI=1S/C16H14F3N5O2S/c1-8-4-15(2,24-14(20)27-8)9-3-10(6-21-5-9)22-12(25)11-7-26-13(23-11)16(17,18)19/h3,5-7H,1,4H2,2H3,(H2,20,24)(H,22,25)/t15-/m0/s1. The molecule has 27 heavy (non-hydrogen) atoms. The summed E-state index contributed by atoms with van der Waals surface area (Å²) in [6.45, 7) is 5.77. The molecule has 7 nitrogen and oxygen atoms in total. The lowest BCUT2D eigenvalue weighted by atomic mass is 9.90. The molecule has 1 aliphatic rings. The molecule has 1 amide bonds. The summed E-state index contributed by atoms with van der Waals surface area (Å²) >= 11 is 1.29. The number of thioether (sulfide) groups is 1. The van der Waals surface area contributed by atoms with Crippen molar-refractivity contribution in [3.63, 3.8) is 0 Å². The van der Waals surface area contributed by atoms with Crippen molar-refractivity contribution in [2.75, 3.05) is 5.32 Å². The summed E-state index contributed by atoms with van der Waals surface area (Å²) < 4.78 is 41.9. The maximum Gasteiger partial charge on any atom is 0.468 e. The minimum atomic E-state index is -4.77. The van der Waals surface area contributed by atoms with Gasteiger partial charge in [-0.3, -0.25) is 14.8 Å². The smallest absolute Gasteiger partial charge is 0.441 e. The van der Waals surface area contributed by atoms with Gasteiger partial charge < -0.3 is 15.5 Å². The summed E-state index contributed by atoms with van der Waals surface area (Å²) in [5.41, 5.74) is 5.55. The molecule has 0 fully saturated rings. The third-order valence-electron chi connectivity index (χ3n) is 3.74. The number of hydrogen-bond donors (Lipinski definition) is 2. The number of aromatic nitrogens is 2. The second-order valence-electron chi connectivity index (χ2n) is 5.99. The Labute approximate surface area is 156 Å². The molecule has 11 heteroatoms. The van der Waals surface area contributed by atoms with Crippen LogP contribution in [0.4, 0.5) is 18.9 Å². The number of oxazole rings is 1. The zero-order valence-electron chi connectivity index (χ0n) is 14.0. The number of hydrogen-bond acceptors (Lipinski definition) is 7. The zero-order valence-corrected chi connectivity index (χ0v) is 14.8. The average Bonchev–Trinajstić information content (AvgIpc) is 3.04. The first kappa shape index (κ1) is 19.0. The highest BCUT2D eigenvalue weighted by atomic mass is 32.2. The van der Waals surface area contributed by atoms with Crippen LogP contribution in [0.2, 0.25) is 0 Å². The highest BCUT2D eigenvalue weighted by molar-refractivity contribution is 8.17. The van der Waals surface area contributed by atoms with Crippen LogP contribution in [0.1, 0.15) is 35.3 Å². The van der Waals surface area contributed by atoms with E-state index in [9.17, 15) is 18.0 Å². The molecule has 3 N–H and O–H groups in total. The van der Waals surface area contributed by atoms with Gasteiger partial charge in [-0.1, -0.05) is 18.3 Å². The molecule has 0 saturated carbocycles. The van der Waals surface area contributed by atoms with Gasteiger partial charge in [0.25, 0.3) is 5.91 Å². The van der Waals surface area contributed by atoms with Crippen molar-refractivity contribution >= 4 is 28.5 Å². The second-order valence-corrected chi connectivity index (χ2v) is 7.19. The molecule has 0 unspecified atom stereocenters. The summed E-state index contributed by atoms with van der Waals surface area (Å²) in [4.78, 5) is 24.6. The number of carbonyl (C=O) groups excluding carboxylic acids is 1. The Morgan fingerprint density at radius 2 is 2.19 bits per heavy atom. The lowest BCUT2D eigenvalue weighted by Crippen LogP contribution is -2.28. The monoisotopic (exact) mass is 397 g/mol. The molecule has 2 aromatic rings. The molecule has 0 bridgehead atoms. The van der Waals surface area contributed by atoms with Gasteiger partial charge in [0.05, 0.1) is 17.4 Å². The number of amidine groups is 1. The Kier molecular flexibility index (Phi) is 4.72. The number of nitrogens with zero attached hydrogens (tertiary/aromatic N) is 3. The van der Waals surface area contributed by atoms with Gasteiger partial charge in [0.2, 0.25) is 0 Å². The van der Waals surface area contributed by atoms with Crippen LogP contribution in [-0.4, -0.2) is 21.0 Å². The lowest BCUT2D eigenvalue weighted by molar-refractivity contribution is -0.157. The van der Waals surface area contributed by atoms with E-state index in [-0.39, 0.29) is 5.69 Å². The van der Waals surface area contributed by atoms with Crippen LogP contribution in [0.15, 0.2) is 45.6 Å². The Morgan fingerprint density at radius 3 is 2.81 bits per heavy atom. The highest BCUT2D eigenvalue weighted by Gasteiger charge is 2.38. The van der Waals surface area contributed by atoms with Gasteiger partial charge in [0.1, 0.15) is 6.26 Å². The Morgan fingerprint density at radius 1 is 1.44 bits per heavy atom. The van der Waals surface area contributed by atoms with Crippen LogP contribution in [0, 0.1) is 0 Å². The predicted octanol–water partition coefficient (Wildman–Crippen LogP) is 3.52. The topological polar surface area (TPSA) is 106 Å². The quantitative estimate of drug-likeness (QED) is 0.821. The summed E-state index contributed by atoms with van der Waals surface area (Å²) in [7, 11) is 0. The molecule has 0 radical (unpaired) electrons.